The Labute approximate surface area is 136 Å². The fraction of sp³-hybridized carbons (Fsp3) is 0.200. The Kier molecular flexibility index (Phi) is 5.87. The van der Waals surface area contributed by atoms with Gasteiger partial charge in [-0.1, -0.05) is 56.3 Å². The molecule has 3 nitrogen and oxygen atoms in total. The monoisotopic (exact) mass is 307 g/mol. The average Bonchev–Trinajstić information content (AvgIpc) is 2.61. The lowest BCUT2D eigenvalue weighted by Gasteiger charge is -2.06. The zero-order valence-corrected chi connectivity index (χ0v) is 13.7. The highest BCUT2D eigenvalue weighted by Crippen LogP contribution is 2.16. The minimum absolute atomic E-state index is 0.277. The van der Waals surface area contributed by atoms with Crippen LogP contribution in [0.4, 0.5) is 0 Å². The molecule has 0 atom stereocenters. The van der Waals surface area contributed by atoms with Crippen LogP contribution in [0, 0.1) is 6.92 Å². The van der Waals surface area contributed by atoms with Gasteiger partial charge in [0.2, 0.25) is 0 Å². The van der Waals surface area contributed by atoms with Gasteiger partial charge in [0.05, 0.1) is 11.1 Å². The quantitative estimate of drug-likeness (QED) is 0.644. The molecule has 0 saturated carbocycles. The van der Waals surface area contributed by atoms with Crippen molar-refractivity contribution in [2.75, 3.05) is 0 Å². The molecule has 0 aliphatic rings. The predicted molar refractivity (Wildman–Crippen MR) is 93.4 cm³/mol. The summed E-state index contributed by atoms with van der Waals surface area (Å²) in [4.78, 5) is 16.5. The molecule has 0 amide bonds. The van der Waals surface area contributed by atoms with Crippen molar-refractivity contribution < 1.29 is 9.53 Å². The number of hydrogen-bond donors (Lipinski definition) is 0. The fourth-order valence-corrected chi connectivity index (χ4v) is 2.15. The van der Waals surface area contributed by atoms with Crippen LogP contribution in [0.2, 0.25) is 0 Å². The molecule has 0 N–H and O–H groups in total. The number of ether oxygens (including phenoxy) is 1. The third-order valence-corrected chi connectivity index (χ3v) is 3.28. The van der Waals surface area contributed by atoms with E-state index in [9.17, 15) is 4.79 Å². The van der Waals surface area contributed by atoms with E-state index in [2.05, 4.69) is 4.98 Å². The molecule has 23 heavy (non-hydrogen) atoms. The minimum Gasteiger partial charge on any atom is -0.457 e. The first-order valence-corrected chi connectivity index (χ1v) is 7.81. The first-order chi connectivity index (χ1) is 11.2. The number of hydrogen-bond acceptors (Lipinski definition) is 3. The summed E-state index contributed by atoms with van der Waals surface area (Å²) in [6, 6.07) is 19.0. The molecule has 118 valence electrons. The van der Waals surface area contributed by atoms with E-state index < -0.39 is 0 Å². The molecule has 3 heteroatoms. The van der Waals surface area contributed by atoms with Gasteiger partial charge in [0.25, 0.3) is 0 Å². The van der Waals surface area contributed by atoms with Crippen molar-refractivity contribution in [3.05, 3.63) is 77.5 Å². The van der Waals surface area contributed by atoms with Gasteiger partial charge in [-0.3, -0.25) is 4.98 Å². The number of esters is 1. The highest BCUT2D eigenvalue weighted by atomic mass is 16.5. The average molecular weight is 307 g/mol. The van der Waals surface area contributed by atoms with Crippen LogP contribution in [-0.2, 0) is 11.3 Å². The summed E-state index contributed by atoms with van der Waals surface area (Å²) in [6.45, 7) is 6.21. The minimum atomic E-state index is -0.330. The standard InChI is InChI=1S/C18H15NO2.C2H6/c1-13-7-8-15-9-10-16(11-17(15)19-13)18(20)21-12-14-5-3-2-4-6-14;1-2/h2-11H,12H2,1H3;1-2H3. The number of rotatable bonds is 3. The first kappa shape index (κ1) is 16.7. The number of pyridine rings is 1. The molecule has 0 fully saturated rings. The number of nitrogens with zero attached hydrogens (tertiary/aromatic N) is 1. The van der Waals surface area contributed by atoms with Gasteiger partial charge in [0.1, 0.15) is 6.61 Å². The smallest absolute Gasteiger partial charge is 0.338 e. The van der Waals surface area contributed by atoms with Gasteiger partial charge in [0, 0.05) is 11.1 Å². The maximum Gasteiger partial charge on any atom is 0.338 e. The van der Waals surface area contributed by atoms with E-state index in [1.165, 1.54) is 0 Å². The lowest BCUT2D eigenvalue weighted by Crippen LogP contribution is -2.05. The summed E-state index contributed by atoms with van der Waals surface area (Å²) in [6.07, 6.45) is 0. The van der Waals surface area contributed by atoms with Crippen LogP contribution in [0.25, 0.3) is 10.9 Å². The molecule has 0 unspecified atom stereocenters. The second kappa shape index (κ2) is 8.08. The molecule has 3 rings (SSSR count). The molecule has 0 spiro atoms. The van der Waals surface area contributed by atoms with E-state index >= 15 is 0 Å². The fourth-order valence-electron chi connectivity index (χ4n) is 2.15. The molecule has 3 aromatic rings. The lowest BCUT2D eigenvalue weighted by molar-refractivity contribution is 0.0473. The third kappa shape index (κ3) is 4.39. The molecule has 0 saturated heterocycles. The maximum atomic E-state index is 12.1. The van der Waals surface area contributed by atoms with Crippen LogP contribution in [0.15, 0.2) is 60.7 Å². The zero-order valence-electron chi connectivity index (χ0n) is 13.7. The van der Waals surface area contributed by atoms with E-state index in [0.29, 0.717) is 5.56 Å². The molecule has 0 aliphatic heterocycles. The second-order valence-electron chi connectivity index (χ2n) is 4.92. The number of carbonyl (C=O) groups excluding carboxylic acids is 1. The Balaban J connectivity index is 0.000000924. The number of benzene rings is 2. The van der Waals surface area contributed by atoms with Gasteiger partial charge in [-0.25, -0.2) is 4.79 Å². The third-order valence-electron chi connectivity index (χ3n) is 3.28. The Hall–Kier alpha value is -2.68. The van der Waals surface area contributed by atoms with Crippen LogP contribution in [0.5, 0.6) is 0 Å². The van der Waals surface area contributed by atoms with E-state index in [-0.39, 0.29) is 12.6 Å². The van der Waals surface area contributed by atoms with E-state index in [4.69, 9.17) is 4.74 Å². The summed E-state index contributed by atoms with van der Waals surface area (Å²) in [5.74, 6) is -0.330. The molecule has 1 aromatic heterocycles. The van der Waals surface area contributed by atoms with Gasteiger partial charge >= 0.3 is 5.97 Å². The molecule has 0 bridgehead atoms. The normalized spacial score (nSPS) is 9.87. The van der Waals surface area contributed by atoms with Gasteiger partial charge < -0.3 is 4.74 Å². The van der Waals surface area contributed by atoms with Gasteiger partial charge in [-0.2, -0.15) is 0 Å². The molecular weight excluding hydrogens is 286 g/mol. The van der Waals surface area contributed by atoms with Crippen LogP contribution in [0.1, 0.15) is 35.5 Å². The zero-order chi connectivity index (χ0) is 16.7. The van der Waals surface area contributed by atoms with Crippen molar-refractivity contribution in [3.8, 4) is 0 Å². The number of aryl methyl sites for hydroxylation is 1. The van der Waals surface area contributed by atoms with E-state index in [1.54, 1.807) is 12.1 Å². The van der Waals surface area contributed by atoms with Crippen molar-refractivity contribution >= 4 is 16.9 Å². The molecule has 0 aliphatic carbocycles. The van der Waals surface area contributed by atoms with Crippen LogP contribution < -0.4 is 0 Å². The summed E-state index contributed by atoms with van der Waals surface area (Å²) >= 11 is 0. The summed E-state index contributed by atoms with van der Waals surface area (Å²) in [7, 11) is 0. The van der Waals surface area contributed by atoms with Crippen molar-refractivity contribution in [1.82, 2.24) is 4.98 Å². The number of carbonyl (C=O) groups is 1. The van der Waals surface area contributed by atoms with Crippen molar-refractivity contribution in [3.63, 3.8) is 0 Å². The van der Waals surface area contributed by atoms with Crippen molar-refractivity contribution in [2.45, 2.75) is 27.4 Å². The summed E-state index contributed by atoms with van der Waals surface area (Å²) in [5, 5.41) is 1.01. The second-order valence-corrected chi connectivity index (χ2v) is 4.92. The van der Waals surface area contributed by atoms with Gasteiger partial charge in [-0.05, 0) is 30.7 Å². The summed E-state index contributed by atoms with van der Waals surface area (Å²) in [5.41, 5.74) is 3.23. The molecular formula is C20H21NO2. The van der Waals surface area contributed by atoms with Gasteiger partial charge in [-0.15, -0.1) is 0 Å². The maximum absolute atomic E-state index is 12.1. The SMILES string of the molecule is CC.Cc1ccc2ccc(C(=O)OCc3ccccc3)cc2n1. The van der Waals surface area contributed by atoms with Crippen LogP contribution >= 0.6 is 0 Å². The Morgan fingerprint density at radius 2 is 1.70 bits per heavy atom. The highest BCUT2D eigenvalue weighted by Gasteiger charge is 2.08. The van der Waals surface area contributed by atoms with Crippen molar-refractivity contribution in [1.29, 1.82) is 0 Å². The number of aromatic nitrogens is 1. The predicted octanol–water partition coefficient (Wildman–Crippen LogP) is 4.93. The topological polar surface area (TPSA) is 39.2 Å². The lowest BCUT2D eigenvalue weighted by atomic mass is 10.1. The first-order valence-electron chi connectivity index (χ1n) is 7.81. The Morgan fingerprint density at radius 3 is 2.43 bits per heavy atom. The molecule has 0 radical (unpaired) electrons. The van der Waals surface area contributed by atoms with Crippen LogP contribution in [0.3, 0.4) is 0 Å². The van der Waals surface area contributed by atoms with E-state index in [1.807, 2.05) is 69.3 Å². The van der Waals surface area contributed by atoms with Gasteiger partial charge in [0.15, 0.2) is 0 Å². The van der Waals surface area contributed by atoms with E-state index in [0.717, 1.165) is 22.2 Å². The molecule has 2 aromatic carbocycles. The number of fused-ring (bicyclic) bond motifs is 1. The summed E-state index contributed by atoms with van der Waals surface area (Å²) < 4.78 is 5.33. The molecule has 1 heterocycles. The largest absolute Gasteiger partial charge is 0.457 e. The van der Waals surface area contributed by atoms with Crippen LogP contribution in [-0.4, -0.2) is 11.0 Å². The highest BCUT2D eigenvalue weighted by molar-refractivity contribution is 5.94. The van der Waals surface area contributed by atoms with Crippen molar-refractivity contribution in [2.24, 2.45) is 0 Å². The Morgan fingerprint density at radius 1 is 1.00 bits per heavy atom. The Bertz CT molecular complexity index is 782.